The Bertz CT molecular complexity index is 870. The van der Waals surface area contributed by atoms with E-state index in [1.807, 2.05) is 17.9 Å². The molecule has 0 unspecified atom stereocenters. The largest absolute Gasteiger partial charge is 0.393 e. The average molecular weight is 397 g/mol. The Kier molecular flexibility index (Phi) is 4.40. The summed E-state index contributed by atoms with van der Waals surface area (Å²) < 4.78 is 1.89. The predicted molar refractivity (Wildman–Crippen MR) is 114 cm³/mol. The normalized spacial score (nSPS) is 45.8. The number of fused-ring (bicyclic) bond motifs is 5. The van der Waals surface area contributed by atoms with Crippen LogP contribution in [-0.4, -0.2) is 26.8 Å². The third-order valence-corrected chi connectivity index (χ3v) is 9.88. The maximum atomic E-state index is 13.5. The van der Waals surface area contributed by atoms with Crippen molar-refractivity contribution in [3.8, 4) is 0 Å². The Labute approximate surface area is 174 Å². The molecule has 0 bridgehead atoms. The number of aryl methyl sites for hydroxylation is 1. The Hall–Kier alpha value is -1.42. The van der Waals surface area contributed by atoms with Crippen LogP contribution < -0.4 is 0 Å². The summed E-state index contributed by atoms with van der Waals surface area (Å²) in [6, 6.07) is 0. The first-order valence-corrected chi connectivity index (χ1v) is 11.7. The molecule has 0 spiro atoms. The van der Waals surface area contributed by atoms with Crippen LogP contribution in [0.1, 0.15) is 76.5 Å². The van der Waals surface area contributed by atoms with Crippen molar-refractivity contribution < 1.29 is 9.90 Å². The van der Waals surface area contributed by atoms with Crippen LogP contribution in [0.2, 0.25) is 0 Å². The number of carbonyl (C=O) groups excluding carboxylic acids is 1. The van der Waals surface area contributed by atoms with Crippen molar-refractivity contribution in [3.05, 3.63) is 23.0 Å². The van der Waals surface area contributed by atoms with Crippen LogP contribution in [0, 0.1) is 41.4 Å². The van der Waals surface area contributed by atoms with Crippen molar-refractivity contribution in [1.29, 1.82) is 0 Å². The van der Waals surface area contributed by atoms with Gasteiger partial charge in [0.2, 0.25) is 0 Å². The zero-order valence-electron chi connectivity index (χ0n) is 18.4. The van der Waals surface area contributed by atoms with Gasteiger partial charge >= 0.3 is 0 Å². The number of rotatable bonds is 1. The van der Waals surface area contributed by atoms with Crippen LogP contribution in [0.15, 0.2) is 11.8 Å². The van der Waals surface area contributed by atoms with E-state index in [0.717, 1.165) is 54.9 Å². The van der Waals surface area contributed by atoms with E-state index in [9.17, 15) is 9.90 Å². The van der Waals surface area contributed by atoms with Crippen LogP contribution in [0.3, 0.4) is 0 Å². The summed E-state index contributed by atoms with van der Waals surface area (Å²) in [4.78, 5) is 13.5. The monoisotopic (exact) mass is 396 g/mol. The van der Waals surface area contributed by atoms with E-state index in [1.54, 1.807) is 0 Å². The third kappa shape index (κ3) is 2.74. The second kappa shape index (κ2) is 6.54. The van der Waals surface area contributed by atoms with Gasteiger partial charge in [0, 0.05) is 23.7 Å². The quantitative estimate of drug-likeness (QED) is 0.701. The number of Topliss-reactive ketones (excluding diaryl/α,β-unsaturated/α-hetero) is 1. The Morgan fingerprint density at radius 1 is 1.17 bits per heavy atom. The zero-order chi connectivity index (χ0) is 20.6. The molecule has 4 saturated carbocycles. The van der Waals surface area contributed by atoms with Gasteiger partial charge in [-0.1, -0.05) is 13.8 Å². The molecular weight excluding hydrogens is 360 g/mol. The van der Waals surface area contributed by atoms with Crippen LogP contribution in [0.25, 0.3) is 6.08 Å². The number of ketones is 1. The minimum atomic E-state index is -0.180. The summed E-state index contributed by atoms with van der Waals surface area (Å²) in [5.41, 5.74) is 3.42. The standard InChI is InChI=1S/C25H36N2O2/c1-15-17(14-26-27(15)4)11-16-12-22-20-6-5-18-13-19(28)7-9-24(18,2)21(20)8-10-25(22,3)23(16)29/h11,14,18-22,28H,5-10,12-13H2,1-4H3/b16-11-/t18-,19-,20+,21-,22-,24+,25+/m1/s1. The smallest absolute Gasteiger partial charge is 0.165 e. The molecule has 29 heavy (non-hydrogen) atoms. The fraction of sp³-hybridized carbons (Fsp3) is 0.760. The van der Waals surface area contributed by atoms with Crippen LogP contribution in [0.5, 0.6) is 0 Å². The van der Waals surface area contributed by atoms with Crippen LogP contribution in [-0.2, 0) is 11.8 Å². The lowest BCUT2D eigenvalue weighted by Gasteiger charge is -2.59. The Balaban J connectivity index is 1.46. The number of aliphatic hydroxyl groups excluding tert-OH is 1. The number of aliphatic hydroxyl groups is 1. The van der Waals surface area contributed by atoms with E-state index < -0.39 is 0 Å². The molecule has 5 rings (SSSR count). The molecule has 1 heterocycles. The second-order valence-corrected chi connectivity index (χ2v) is 11.1. The lowest BCUT2D eigenvalue weighted by Crippen LogP contribution is -2.54. The number of allylic oxidation sites excluding steroid dienone is 1. The van der Waals surface area contributed by atoms with Crippen molar-refractivity contribution in [2.75, 3.05) is 0 Å². The summed E-state index contributed by atoms with van der Waals surface area (Å²) in [5, 5.41) is 14.6. The van der Waals surface area contributed by atoms with Gasteiger partial charge in [0.1, 0.15) is 0 Å². The molecule has 4 aliphatic carbocycles. The first-order chi connectivity index (χ1) is 13.7. The van der Waals surface area contributed by atoms with Gasteiger partial charge in [0.15, 0.2) is 5.78 Å². The Morgan fingerprint density at radius 2 is 1.97 bits per heavy atom. The van der Waals surface area contributed by atoms with Crippen molar-refractivity contribution in [2.24, 2.45) is 41.5 Å². The summed E-state index contributed by atoms with van der Waals surface area (Å²) >= 11 is 0. The van der Waals surface area contributed by atoms with Crippen LogP contribution >= 0.6 is 0 Å². The highest BCUT2D eigenvalue weighted by molar-refractivity contribution is 6.06. The van der Waals surface area contributed by atoms with Gasteiger partial charge in [0.05, 0.1) is 12.3 Å². The van der Waals surface area contributed by atoms with Gasteiger partial charge in [-0.2, -0.15) is 5.10 Å². The molecule has 4 heteroatoms. The SMILES string of the molecule is Cc1c(/C=C2/C[C@@H]3[C@H]4CC[C@@H]5C[C@H](O)CC[C@]5(C)[C@@H]4CC[C@]3(C)C2=O)cnn1C. The summed E-state index contributed by atoms with van der Waals surface area (Å²) in [5.74, 6) is 2.94. The topological polar surface area (TPSA) is 55.1 Å². The van der Waals surface area contributed by atoms with Crippen molar-refractivity contribution in [2.45, 2.75) is 78.2 Å². The minimum Gasteiger partial charge on any atom is -0.393 e. The van der Waals surface area contributed by atoms with E-state index in [2.05, 4.69) is 31.9 Å². The molecule has 1 aromatic rings. The first kappa shape index (κ1) is 19.5. The highest BCUT2D eigenvalue weighted by Gasteiger charge is 2.61. The highest BCUT2D eigenvalue weighted by Crippen LogP contribution is 2.66. The molecule has 0 radical (unpaired) electrons. The van der Waals surface area contributed by atoms with Gasteiger partial charge in [-0.3, -0.25) is 9.48 Å². The molecule has 0 aliphatic heterocycles. The average Bonchev–Trinajstić information content (AvgIpc) is 3.14. The molecule has 0 aromatic carbocycles. The van der Waals surface area contributed by atoms with Crippen molar-refractivity contribution in [3.63, 3.8) is 0 Å². The third-order valence-electron chi connectivity index (χ3n) is 9.88. The fourth-order valence-electron chi connectivity index (χ4n) is 7.88. The number of aromatic nitrogens is 2. The minimum absolute atomic E-state index is 0.0937. The number of nitrogens with zero attached hydrogens (tertiary/aromatic N) is 2. The van der Waals surface area contributed by atoms with E-state index >= 15 is 0 Å². The second-order valence-electron chi connectivity index (χ2n) is 11.1. The van der Waals surface area contributed by atoms with E-state index in [0.29, 0.717) is 29.0 Å². The van der Waals surface area contributed by atoms with Gasteiger partial charge in [-0.25, -0.2) is 0 Å². The molecular formula is C25H36N2O2. The molecule has 7 atom stereocenters. The van der Waals surface area contributed by atoms with Crippen LogP contribution in [0.4, 0.5) is 0 Å². The number of carbonyl (C=O) groups is 1. The highest BCUT2D eigenvalue weighted by atomic mass is 16.3. The molecule has 158 valence electrons. The first-order valence-electron chi connectivity index (χ1n) is 11.7. The lowest BCUT2D eigenvalue weighted by molar-refractivity contribution is -0.141. The van der Waals surface area contributed by atoms with Crippen molar-refractivity contribution >= 4 is 11.9 Å². The van der Waals surface area contributed by atoms with E-state index in [1.165, 1.54) is 19.3 Å². The molecule has 4 nitrogen and oxygen atoms in total. The summed E-state index contributed by atoms with van der Waals surface area (Å²) in [6.07, 6.45) is 12.7. The summed E-state index contributed by atoms with van der Waals surface area (Å²) in [6.45, 7) is 6.84. The molecule has 1 N–H and O–H groups in total. The maximum Gasteiger partial charge on any atom is 0.165 e. The van der Waals surface area contributed by atoms with Gasteiger partial charge in [-0.15, -0.1) is 0 Å². The molecule has 1 aromatic heterocycles. The van der Waals surface area contributed by atoms with Gasteiger partial charge in [-0.05, 0) is 99.0 Å². The zero-order valence-corrected chi connectivity index (χ0v) is 18.4. The van der Waals surface area contributed by atoms with Gasteiger partial charge < -0.3 is 5.11 Å². The number of hydrogen-bond acceptors (Lipinski definition) is 3. The lowest BCUT2D eigenvalue weighted by atomic mass is 9.45. The molecule has 4 fully saturated rings. The molecule has 4 aliphatic rings. The fourth-order valence-corrected chi connectivity index (χ4v) is 7.88. The van der Waals surface area contributed by atoms with E-state index in [4.69, 9.17) is 0 Å². The van der Waals surface area contributed by atoms with E-state index in [-0.39, 0.29) is 11.5 Å². The summed E-state index contributed by atoms with van der Waals surface area (Å²) in [7, 11) is 1.96. The molecule has 0 saturated heterocycles. The van der Waals surface area contributed by atoms with Gasteiger partial charge in [0.25, 0.3) is 0 Å². The number of hydrogen-bond donors (Lipinski definition) is 1. The van der Waals surface area contributed by atoms with Crippen molar-refractivity contribution in [1.82, 2.24) is 9.78 Å². The molecule has 0 amide bonds. The maximum absolute atomic E-state index is 13.5. The predicted octanol–water partition coefficient (Wildman–Crippen LogP) is 4.69. The Morgan fingerprint density at radius 3 is 2.69 bits per heavy atom.